The molecule has 0 spiro atoms. The van der Waals surface area contributed by atoms with Crippen molar-refractivity contribution in [2.24, 2.45) is 5.73 Å². The molecule has 3 amide bonds. The lowest BCUT2D eigenvalue weighted by atomic mass is 10.0. The van der Waals surface area contributed by atoms with Crippen molar-refractivity contribution in [3.05, 3.63) is 74.5 Å². The fourth-order valence-electron chi connectivity index (χ4n) is 3.26. The number of benzene rings is 2. The second-order valence-electron chi connectivity index (χ2n) is 8.61. The number of hydrogen-bond donors (Lipinski definition) is 3. The molecular weight excluding hydrogens is 516 g/mol. The Balaban J connectivity index is 2.26. The quantitative estimate of drug-likeness (QED) is 0.423. The first kappa shape index (κ1) is 26.4. The lowest BCUT2D eigenvalue weighted by molar-refractivity contribution is -0.123. The molecule has 1 atom stereocenters. The van der Waals surface area contributed by atoms with Crippen molar-refractivity contribution in [2.45, 2.75) is 32.4 Å². The zero-order valence-corrected chi connectivity index (χ0v) is 21.3. The maximum atomic E-state index is 14.0. The molecule has 0 saturated carbocycles. The van der Waals surface area contributed by atoms with Gasteiger partial charge in [0.2, 0.25) is 5.91 Å². The van der Waals surface area contributed by atoms with Crippen LogP contribution in [-0.2, 0) is 4.79 Å². The Morgan fingerprint density at radius 2 is 1.74 bits per heavy atom. The van der Waals surface area contributed by atoms with Crippen LogP contribution < -0.4 is 21.7 Å². The van der Waals surface area contributed by atoms with Gasteiger partial charge in [0.05, 0.1) is 10.7 Å². The van der Waals surface area contributed by atoms with Gasteiger partial charge >= 0.3 is 0 Å². The summed E-state index contributed by atoms with van der Waals surface area (Å²) < 4.78 is 17.9. The van der Waals surface area contributed by atoms with Gasteiger partial charge in [-0.05, 0) is 68.2 Å². The van der Waals surface area contributed by atoms with Crippen LogP contribution in [0.1, 0.15) is 52.5 Å². The molecule has 3 rings (SSSR count). The van der Waals surface area contributed by atoms with E-state index in [4.69, 9.17) is 34.7 Å². The van der Waals surface area contributed by atoms with Crippen LogP contribution >= 0.6 is 34.7 Å². The summed E-state index contributed by atoms with van der Waals surface area (Å²) in [5.74, 6) is -2.92. The molecule has 0 unspecified atom stereocenters. The van der Waals surface area contributed by atoms with Crippen LogP contribution in [-0.4, -0.2) is 27.6 Å². The van der Waals surface area contributed by atoms with Crippen molar-refractivity contribution in [2.75, 3.05) is 10.6 Å². The van der Waals surface area contributed by atoms with E-state index in [-0.39, 0.29) is 27.0 Å². The van der Waals surface area contributed by atoms with Crippen LogP contribution in [0, 0.1) is 5.82 Å². The van der Waals surface area contributed by atoms with E-state index >= 15 is 0 Å². The summed E-state index contributed by atoms with van der Waals surface area (Å²) in [5, 5.41) is 3.02. The number of anilines is 2. The number of carbonyl (C=O) groups excluding carboxylic acids is 3. The predicted octanol–water partition coefficient (Wildman–Crippen LogP) is 4.57. The second kappa shape index (κ2) is 10.2. The van der Waals surface area contributed by atoms with Gasteiger partial charge in [0, 0.05) is 16.2 Å². The number of nitrogens with two attached hydrogens (primary N) is 2. The lowest BCUT2D eigenvalue weighted by Gasteiger charge is -2.33. The van der Waals surface area contributed by atoms with Crippen LogP contribution in [0.3, 0.4) is 0 Å². The smallest absolute Gasteiger partial charge is 0.273 e. The molecule has 1 aromatic heterocycles. The zero-order valence-electron chi connectivity index (χ0n) is 18.9. The molecule has 0 aliphatic heterocycles. The van der Waals surface area contributed by atoms with E-state index < -0.39 is 35.1 Å². The third kappa shape index (κ3) is 5.90. The monoisotopic (exact) mass is 537 g/mol. The SMILES string of the molecule is CC(C)(C)NC(=O)[C@@H](c1ccc(Cl)cc1)N(C(=O)c1snc(C(N)=O)c1N)c1ccc(F)c(Cl)c1. The molecule has 0 aliphatic carbocycles. The van der Waals surface area contributed by atoms with Crippen molar-refractivity contribution >= 4 is 63.8 Å². The number of amides is 3. The molecule has 12 heteroatoms. The molecule has 0 saturated heterocycles. The average Bonchev–Trinajstić information content (AvgIpc) is 3.15. The third-order valence-corrected chi connectivity index (χ3v) is 6.14. The van der Waals surface area contributed by atoms with E-state index in [0.717, 1.165) is 11.0 Å². The molecule has 5 N–H and O–H groups in total. The molecule has 8 nitrogen and oxygen atoms in total. The molecule has 0 radical (unpaired) electrons. The van der Waals surface area contributed by atoms with Gasteiger partial charge in [0.1, 0.15) is 16.7 Å². The number of rotatable bonds is 6. The average molecular weight is 538 g/mol. The van der Waals surface area contributed by atoms with E-state index in [1.54, 1.807) is 45.0 Å². The number of halogens is 3. The largest absolute Gasteiger partial charge is 0.395 e. The first-order chi connectivity index (χ1) is 16.3. The minimum absolute atomic E-state index is 0.110. The number of primary amides is 1. The topological polar surface area (TPSA) is 131 Å². The Bertz CT molecular complexity index is 1290. The molecule has 3 aromatic rings. The van der Waals surface area contributed by atoms with Gasteiger partial charge < -0.3 is 16.8 Å². The molecule has 0 aliphatic rings. The summed E-state index contributed by atoms with van der Waals surface area (Å²) in [6.07, 6.45) is 0. The zero-order chi connectivity index (χ0) is 26.1. The number of nitrogens with zero attached hydrogens (tertiary/aromatic N) is 2. The van der Waals surface area contributed by atoms with Gasteiger partial charge in [-0.2, -0.15) is 4.37 Å². The number of nitrogen functional groups attached to an aromatic ring is 1. The highest BCUT2D eigenvalue weighted by Crippen LogP contribution is 2.35. The first-order valence-corrected chi connectivity index (χ1v) is 11.7. The van der Waals surface area contributed by atoms with Crippen molar-refractivity contribution < 1.29 is 18.8 Å². The van der Waals surface area contributed by atoms with Crippen molar-refractivity contribution in [1.29, 1.82) is 0 Å². The summed E-state index contributed by atoms with van der Waals surface area (Å²) in [6.45, 7) is 5.35. The van der Waals surface area contributed by atoms with Crippen molar-refractivity contribution in [3.8, 4) is 0 Å². The summed E-state index contributed by atoms with van der Waals surface area (Å²) >= 11 is 12.7. The van der Waals surface area contributed by atoms with Gasteiger partial charge in [0.15, 0.2) is 5.69 Å². The molecule has 184 valence electrons. The Morgan fingerprint density at radius 1 is 1.11 bits per heavy atom. The van der Waals surface area contributed by atoms with Gasteiger partial charge in [-0.25, -0.2) is 4.39 Å². The number of hydrogen-bond acceptors (Lipinski definition) is 6. The minimum atomic E-state index is -1.25. The summed E-state index contributed by atoms with van der Waals surface area (Å²) in [6, 6.07) is 8.66. The van der Waals surface area contributed by atoms with Crippen LogP contribution in [0.15, 0.2) is 42.5 Å². The van der Waals surface area contributed by atoms with Crippen molar-refractivity contribution in [1.82, 2.24) is 9.69 Å². The van der Waals surface area contributed by atoms with Gasteiger partial charge in [-0.15, -0.1) is 0 Å². The minimum Gasteiger partial charge on any atom is -0.395 e. The Morgan fingerprint density at radius 3 is 2.26 bits per heavy atom. The van der Waals surface area contributed by atoms with E-state index in [0.29, 0.717) is 22.1 Å². The fraction of sp³-hybridized carbons (Fsp3) is 0.217. The van der Waals surface area contributed by atoms with Crippen LogP contribution in [0.5, 0.6) is 0 Å². The molecular formula is C23H22Cl2FN5O3S. The molecule has 1 heterocycles. The van der Waals surface area contributed by atoms with E-state index in [1.807, 2.05) is 0 Å². The summed E-state index contributed by atoms with van der Waals surface area (Å²) in [4.78, 5) is 40.1. The molecule has 0 fully saturated rings. The molecule has 2 aromatic carbocycles. The van der Waals surface area contributed by atoms with E-state index in [2.05, 4.69) is 9.69 Å². The van der Waals surface area contributed by atoms with E-state index in [1.165, 1.54) is 12.1 Å². The Labute approximate surface area is 215 Å². The number of nitrogens with one attached hydrogen (secondary N) is 1. The molecule has 0 bridgehead atoms. The number of aromatic nitrogens is 1. The van der Waals surface area contributed by atoms with Gasteiger partial charge in [0.25, 0.3) is 11.8 Å². The highest BCUT2D eigenvalue weighted by atomic mass is 35.5. The highest BCUT2D eigenvalue weighted by Gasteiger charge is 2.37. The van der Waals surface area contributed by atoms with E-state index in [9.17, 15) is 18.8 Å². The van der Waals surface area contributed by atoms with Crippen molar-refractivity contribution in [3.63, 3.8) is 0 Å². The van der Waals surface area contributed by atoms with Crippen LogP contribution in [0.25, 0.3) is 0 Å². The number of carbonyl (C=O) groups is 3. The van der Waals surface area contributed by atoms with Crippen LogP contribution in [0.2, 0.25) is 10.0 Å². The van der Waals surface area contributed by atoms with Gasteiger partial charge in [-0.1, -0.05) is 35.3 Å². The fourth-order valence-corrected chi connectivity index (χ4v) is 4.30. The maximum Gasteiger partial charge on any atom is 0.273 e. The van der Waals surface area contributed by atoms with Gasteiger partial charge in [-0.3, -0.25) is 19.3 Å². The first-order valence-electron chi connectivity index (χ1n) is 10.2. The highest BCUT2D eigenvalue weighted by molar-refractivity contribution is 7.09. The summed E-state index contributed by atoms with van der Waals surface area (Å²) in [7, 11) is 0. The Kier molecular flexibility index (Phi) is 7.68. The maximum absolute atomic E-state index is 14.0. The predicted molar refractivity (Wildman–Crippen MR) is 135 cm³/mol. The standard InChI is InChI=1S/C23H22Cl2FN5O3S/c1-23(2,3)29-21(33)18(11-4-6-12(24)7-5-11)31(13-8-9-15(26)14(25)10-13)22(34)19-16(27)17(20(28)32)30-35-19/h4-10,18H,27H2,1-3H3,(H2,28,32)(H,29,33)/t18-/m1/s1. The normalized spacial score (nSPS) is 12.2. The summed E-state index contributed by atoms with van der Waals surface area (Å²) in [5.41, 5.74) is 10.7. The van der Waals surface area contributed by atoms with Crippen LogP contribution in [0.4, 0.5) is 15.8 Å². The second-order valence-corrected chi connectivity index (χ2v) is 10.2. The Hall–Kier alpha value is -3.21. The third-order valence-electron chi connectivity index (χ3n) is 4.75. The lowest BCUT2D eigenvalue weighted by Crippen LogP contribution is -2.49. The molecule has 35 heavy (non-hydrogen) atoms.